The molecule has 1 aromatic carbocycles. The van der Waals surface area contributed by atoms with Gasteiger partial charge in [-0.15, -0.1) is 0 Å². The van der Waals surface area contributed by atoms with Gasteiger partial charge in [0.2, 0.25) is 0 Å². The van der Waals surface area contributed by atoms with Crippen LogP contribution in [0.5, 0.6) is 0 Å². The summed E-state index contributed by atoms with van der Waals surface area (Å²) in [5.41, 5.74) is 2.55. The summed E-state index contributed by atoms with van der Waals surface area (Å²) in [5, 5.41) is 3.46. The van der Waals surface area contributed by atoms with Gasteiger partial charge in [-0.3, -0.25) is 0 Å². The fraction of sp³-hybridized carbons (Fsp3) is 0.625. The number of hydrogen-bond acceptors (Lipinski definition) is 3. The average molecular weight is 295 g/mol. The standard InChI is InChI=1S/C16H25NO2S/c1-12(2)14-6-8-15(9-7-14)13(3)17-16-5-4-10-20(18,19)11-16/h6-9,12-13,16-17H,4-5,10-11H2,1-3H3. The highest BCUT2D eigenvalue weighted by Gasteiger charge is 2.25. The fourth-order valence-electron chi connectivity index (χ4n) is 2.77. The Balaban J connectivity index is 1.99. The van der Waals surface area contributed by atoms with Crippen molar-refractivity contribution in [3.8, 4) is 0 Å². The van der Waals surface area contributed by atoms with Crippen LogP contribution < -0.4 is 5.32 Å². The molecule has 1 aromatic rings. The van der Waals surface area contributed by atoms with Crippen LogP contribution in [0.15, 0.2) is 24.3 Å². The van der Waals surface area contributed by atoms with E-state index in [4.69, 9.17) is 0 Å². The van der Waals surface area contributed by atoms with Gasteiger partial charge in [-0.25, -0.2) is 8.42 Å². The minimum Gasteiger partial charge on any atom is -0.306 e. The van der Waals surface area contributed by atoms with Gasteiger partial charge >= 0.3 is 0 Å². The maximum Gasteiger partial charge on any atom is 0.151 e. The van der Waals surface area contributed by atoms with E-state index in [0.717, 1.165) is 12.8 Å². The molecule has 2 atom stereocenters. The molecule has 3 nitrogen and oxygen atoms in total. The summed E-state index contributed by atoms with van der Waals surface area (Å²) >= 11 is 0. The van der Waals surface area contributed by atoms with E-state index in [1.165, 1.54) is 11.1 Å². The van der Waals surface area contributed by atoms with Crippen molar-refractivity contribution in [2.75, 3.05) is 11.5 Å². The lowest BCUT2D eigenvalue weighted by Gasteiger charge is -2.27. The van der Waals surface area contributed by atoms with Gasteiger partial charge in [0.1, 0.15) is 0 Å². The molecule has 2 unspecified atom stereocenters. The molecule has 0 aromatic heterocycles. The molecule has 1 saturated heterocycles. The Hall–Kier alpha value is -0.870. The highest BCUT2D eigenvalue weighted by Crippen LogP contribution is 2.21. The van der Waals surface area contributed by atoms with Gasteiger partial charge in [0.25, 0.3) is 0 Å². The molecule has 1 aliphatic rings. The van der Waals surface area contributed by atoms with Crippen LogP contribution in [-0.2, 0) is 9.84 Å². The number of rotatable bonds is 4. The molecular formula is C16H25NO2S. The second-order valence-corrected chi connectivity index (χ2v) is 8.39. The lowest BCUT2D eigenvalue weighted by atomic mass is 9.99. The van der Waals surface area contributed by atoms with E-state index in [1.807, 2.05) is 0 Å². The smallest absolute Gasteiger partial charge is 0.151 e. The molecule has 20 heavy (non-hydrogen) atoms. The van der Waals surface area contributed by atoms with Crippen LogP contribution in [0.3, 0.4) is 0 Å². The highest BCUT2D eigenvalue weighted by molar-refractivity contribution is 7.91. The van der Waals surface area contributed by atoms with Crippen LogP contribution in [0.25, 0.3) is 0 Å². The maximum absolute atomic E-state index is 11.7. The second-order valence-electron chi connectivity index (χ2n) is 6.16. The van der Waals surface area contributed by atoms with Gasteiger partial charge in [-0.2, -0.15) is 0 Å². The van der Waals surface area contributed by atoms with E-state index in [9.17, 15) is 8.42 Å². The minimum atomic E-state index is -2.84. The molecule has 0 radical (unpaired) electrons. The average Bonchev–Trinajstić information content (AvgIpc) is 2.37. The van der Waals surface area contributed by atoms with Crippen LogP contribution in [0.4, 0.5) is 0 Å². The van der Waals surface area contributed by atoms with Crippen molar-refractivity contribution in [3.05, 3.63) is 35.4 Å². The van der Waals surface area contributed by atoms with Gasteiger partial charge in [0, 0.05) is 12.1 Å². The molecule has 4 heteroatoms. The van der Waals surface area contributed by atoms with Gasteiger partial charge < -0.3 is 5.32 Å². The van der Waals surface area contributed by atoms with Gasteiger partial charge in [0.05, 0.1) is 11.5 Å². The minimum absolute atomic E-state index is 0.0912. The van der Waals surface area contributed by atoms with E-state index < -0.39 is 9.84 Å². The van der Waals surface area contributed by atoms with Gasteiger partial charge in [-0.05, 0) is 36.8 Å². The maximum atomic E-state index is 11.7. The predicted molar refractivity (Wildman–Crippen MR) is 83.8 cm³/mol. The molecule has 1 N–H and O–H groups in total. The number of nitrogens with one attached hydrogen (secondary N) is 1. The Bertz CT molecular complexity index is 534. The predicted octanol–water partition coefficient (Wildman–Crippen LogP) is 3.04. The van der Waals surface area contributed by atoms with E-state index in [1.54, 1.807) is 0 Å². The van der Waals surface area contributed by atoms with Crippen molar-refractivity contribution in [3.63, 3.8) is 0 Å². The fourth-order valence-corrected chi connectivity index (χ4v) is 4.42. The molecule has 0 amide bonds. The Morgan fingerprint density at radius 1 is 1.10 bits per heavy atom. The first kappa shape index (κ1) is 15.5. The molecule has 1 fully saturated rings. The topological polar surface area (TPSA) is 46.2 Å². The molecule has 1 heterocycles. The molecule has 0 saturated carbocycles. The van der Waals surface area contributed by atoms with E-state index in [2.05, 4.69) is 50.4 Å². The summed E-state index contributed by atoms with van der Waals surface area (Å²) in [4.78, 5) is 0. The SMILES string of the molecule is CC(C)c1ccc(C(C)NC2CCCS(=O)(=O)C2)cc1. The lowest BCUT2D eigenvalue weighted by Crippen LogP contribution is -2.41. The van der Waals surface area contributed by atoms with E-state index in [-0.39, 0.29) is 17.8 Å². The van der Waals surface area contributed by atoms with Crippen molar-refractivity contribution in [2.24, 2.45) is 0 Å². The first-order valence-corrected chi connectivity index (χ1v) is 9.26. The summed E-state index contributed by atoms with van der Waals surface area (Å²) in [6, 6.07) is 8.89. The van der Waals surface area contributed by atoms with E-state index in [0.29, 0.717) is 11.7 Å². The number of sulfone groups is 1. The molecule has 2 rings (SSSR count). The molecule has 1 aliphatic heterocycles. The van der Waals surface area contributed by atoms with Crippen LogP contribution in [0.2, 0.25) is 0 Å². The quantitative estimate of drug-likeness (QED) is 0.928. The zero-order valence-corrected chi connectivity index (χ0v) is 13.4. The van der Waals surface area contributed by atoms with Crippen LogP contribution in [0.1, 0.15) is 56.7 Å². The van der Waals surface area contributed by atoms with Gasteiger partial charge in [0.15, 0.2) is 9.84 Å². The van der Waals surface area contributed by atoms with Crippen LogP contribution in [-0.4, -0.2) is 26.0 Å². The van der Waals surface area contributed by atoms with Crippen molar-refractivity contribution in [2.45, 2.75) is 51.6 Å². The Morgan fingerprint density at radius 3 is 2.25 bits per heavy atom. The van der Waals surface area contributed by atoms with Crippen molar-refractivity contribution < 1.29 is 8.42 Å². The zero-order valence-electron chi connectivity index (χ0n) is 12.6. The first-order chi connectivity index (χ1) is 9.37. The summed E-state index contributed by atoms with van der Waals surface area (Å²) in [5.74, 6) is 1.17. The summed E-state index contributed by atoms with van der Waals surface area (Å²) in [7, 11) is -2.84. The Labute approximate surface area is 122 Å². The summed E-state index contributed by atoms with van der Waals surface area (Å²) < 4.78 is 23.3. The zero-order chi connectivity index (χ0) is 14.8. The van der Waals surface area contributed by atoms with Crippen molar-refractivity contribution in [1.82, 2.24) is 5.32 Å². The normalized spacial score (nSPS) is 23.7. The van der Waals surface area contributed by atoms with Crippen LogP contribution in [0, 0.1) is 0 Å². The molecule has 0 spiro atoms. The summed E-state index contributed by atoms with van der Waals surface area (Å²) in [6.45, 7) is 6.47. The second kappa shape index (κ2) is 6.27. The highest BCUT2D eigenvalue weighted by atomic mass is 32.2. The van der Waals surface area contributed by atoms with Gasteiger partial charge in [-0.1, -0.05) is 38.1 Å². The van der Waals surface area contributed by atoms with Crippen molar-refractivity contribution >= 4 is 9.84 Å². The number of hydrogen-bond donors (Lipinski definition) is 1. The number of benzene rings is 1. The largest absolute Gasteiger partial charge is 0.306 e. The lowest BCUT2D eigenvalue weighted by molar-refractivity contribution is 0.437. The Morgan fingerprint density at radius 2 is 1.70 bits per heavy atom. The first-order valence-electron chi connectivity index (χ1n) is 7.44. The molecule has 112 valence electrons. The van der Waals surface area contributed by atoms with Crippen molar-refractivity contribution in [1.29, 1.82) is 0 Å². The summed E-state index contributed by atoms with van der Waals surface area (Å²) in [6.07, 6.45) is 1.73. The third kappa shape index (κ3) is 4.06. The molecule has 0 bridgehead atoms. The third-order valence-electron chi connectivity index (χ3n) is 4.05. The van der Waals surface area contributed by atoms with E-state index >= 15 is 0 Å². The van der Waals surface area contributed by atoms with Crippen LogP contribution >= 0.6 is 0 Å². The molecule has 0 aliphatic carbocycles. The monoisotopic (exact) mass is 295 g/mol. The Kier molecular flexibility index (Phi) is 4.86. The third-order valence-corrected chi connectivity index (χ3v) is 5.87. The molecular weight excluding hydrogens is 270 g/mol.